The van der Waals surface area contributed by atoms with Crippen molar-refractivity contribution in [1.82, 2.24) is 24.4 Å². The number of aromatic nitrogens is 4. The van der Waals surface area contributed by atoms with Gasteiger partial charge in [0.25, 0.3) is 0 Å². The number of nitrogens with zero attached hydrogens (tertiary/aromatic N) is 6. The monoisotopic (exact) mass is 520 g/mol. The van der Waals surface area contributed by atoms with Crippen LogP contribution < -0.4 is 4.90 Å². The number of imidazole rings is 1. The number of hydrogen-bond donors (Lipinski definition) is 1. The van der Waals surface area contributed by atoms with E-state index < -0.39 is 5.60 Å². The van der Waals surface area contributed by atoms with Gasteiger partial charge < -0.3 is 14.7 Å². The molecule has 6 rings (SSSR count). The first-order valence-electron chi connectivity index (χ1n) is 13.5. The van der Waals surface area contributed by atoms with Gasteiger partial charge in [0.2, 0.25) is 5.95 Å². The zero-order valence-corrected chi connectivity index (χ0v) is 22.8. The Morgan fingerprint density at radius 1 is 1.03 bits per heavy atom. The largest absolute Gasteiger partial charge is 0.390 e. The lowest BCUT2D eigenvalue weighted by molar-refractivity contribution is -0.0134. The van der Waals surface area contributed by atoms with E-state index in [-0.39, 0.29) is 0 Å². The summed E-state index contributed by atoms with van der Waals surface area (Å²) in [6, 6.07) is 10.5. The molecule has 4 aromatic rings. The lowest BCUT2D eigenvalue weighted by Crippen LogP contribution is -2.41. The Morgan fingerprint density at radius 3 is 2.51 bits per heavy atom. The van der Waals surface area contributed by atoms with Crippen molar-refractivity contribution < 1.29 is 9.84 Å². The molecule has 1 aromatic carbocycles. The predicted octanol–water partition coefficient (Wildman–Crippen LogP) is 4.41. The minimum absolute atomic E-state index is 0.366. The number of likely N-dealkylation sites (tertiary alicyclic amines) is 1. The molecule has 2 saturated heterocycles. The highest BCUT2D eigenvalue weighted by Crippen LogP contribution is 2.36. The quantitative estimate of drug-likeness (QED) is 0.403. The summed E-state index contributed by atoms with van der Waals surface area (Å²) in [4.78, 5) is 21.3. The second-order valence-electron chi connectivity index (χ2n) is 10.8. The van der Waals surface area contributed by atoms with Crippen LogP contribution in [-0.2, 0) is 17.7 Å². The summed E-state index contributed by atoms with van der Waals surface area (Å²) in [6.45, 7) is 12.0. The van der Waals surface area contributed by atoms with E-state index in [4.69, 9.17) is 19.7 Å². The molecule has 5 heterocycles. The fourth-order valence-corrected chi connectivity index (χ4v) is 6.83. The molecule has 37 heavy (non-hydrogen) atoms. The molecule has 0 aliphatic carbocycles. The van der Waals surface area contributed by atoms with Gasteiger partial charge in [0.05, 0.1) is 40.1 Å². The van der Waals surface area contributed by atoms with Crippen LogP contribution in [0.5, 0.6) is 0 Å². The lowest BCUT2D eigenvalue weighted by atomic mass is 9.83. The molecule has 2 fully saturated rings. The zero-order chi connectivity index (χ0) is 25.6. The number of rotatable bonds is 6. The third-order valence-electron chi connectivity index (χ3n) is 7.82. The Bertz CT molecular complexity index is 1390. The third kappa shape index (κ3) is 4.85. The summed E-state index contributed by atoms with van der Waals surface area (Å²) < 4.78 is 8.92. The highest BCUT2D eigenvalue weighted by molar-refractivity contribution is 7.19. The van der Waals surface area contributed by atoms with Crippen LogP contribution in [-0.4, -0.2) is 74.5 Å². The molecule has 0 spiro atoms. The second-order valence-corrected chi connectivity index (χ2v) is 11.9. The molecule has 9 heteroatoms. The van der Waals surface area contributed by atoms with Crippen molar-refractivity contribution in [2.45, 2.75) is 52.2 Å². The van der Waals surface area contributed by atoms with Gasteiger partial charge in [-0.3, -0.25) is 9.47 Å². The summed E-state index contributed by atoms with van der Waals surface area (Å²) in [5, 5.41) is 10.4. The topological polar surface area (TPSA) is 79.5 Å². The number of hydrogen-bond acceptors (Lipinski definition) is 8. The van der Waals surface area contributed by atoms with Gasteiger partial charge in [0, 0.05) is 30.9 Å². The van der Waals surface area contributed by atoms with Crippen LogP contribution in [0.3, 0.4) is 0 Å². The minimum Gasteiger partial charge on any atom is -0.390 e. The Kier molecular flexibility index (Phi) is 6.65. The number of morpholine rings is 1. The van der Waals surface area contributed by atoms with E-state index >= 15 is 0 Å². The summed E-state index contributed by atoms with van der Waals surface area (Å²) in [5.74, 6) is 3.03. The normalized spacial score (nSPS) is 18.3. The van der Waals surface area contributed by atoms with Gasteiger partial charge in [-0.15, -0.1) is 11.3 Å². The Labute approximate surface area is 221 Å². The first-order valence-corrected chi connectivity index (χ1v) is 14.3. The number of anilines is 1. The lowest BCUT2D eigenvalue weighted by Gasteiger charge is -2.37. The average Bonchev–Trinajstić information content (AvgIpc) is 3.49. The second kappa shape index (κ2) is 9.94. The molecule has 1 N–H and O–H groups in total. The number of ether oxygens (including phenoxy) is 1. The third-order valence-corrected chi connectivity index (χ3v) is 8.92. The zero-order valence-electron chi connectivity index (χ0n) is 22.0. The van der Waals surface area contributed by atoms with Crippen LogP contribution in [0, 0.1) is 5.92 Å². The standard InChI is InChI=1S/C28H36N6O2S/c1-4-24-29-21-7-5-6-8-23(21)34(24)27-30-22-17-20(18-32-11-9-19(10-12-32)28(2,3)35)37-25(22)26(31-27)33-13-15-36-16-14-33/h5-8,17,19,35H,4,9-16,18H2,1-3H3. The molecule has 0 saturated carbocycles. The maximum Gasteiger partial charge on any atom is 0.238 e. The molecular formula is C28H36N6O2S. The Hall–Kier alpha value is -2.59. The van der Waals surface area contributed by atoms with Crippen molar-refractivity contribution in [3.8, 4) is 5.95 Å². The maximum atomic E-state index is 10.4. The van der Waals surface area contributed by atoms with Gasteiger partial charge in [-0.25, -0.2) is 9.97 Å². The first-order chi connectivity index (χ1) is 17.9. The van der Waals surface area contributed by atoms with E-state index in [1.165, 1.54) is 4.88 Å². The number of piperidine rings is 1. The van der Waals surface area contributed by atoms with Crippen molar-refractivity contribution in [1.29, 1.82) is 0 Å². The number of para-hydroxylation sites is 2. The van der Waals surface area contributed by atoms with Gasteiger partial charge in [0.15, 0.2) is 5.82 Å². The number of aliphatic hydroxyl groups is 1. The number of fused-ring (bicyclic) bond motifs is 2. The van der Waals surface area contributed by atoms with Crippen LogP contribution in [0.1, 0.15) is 44.3 Å². The maximum absolute atomic E-state index is 10.4. The van der Waals surface area contributed by atoms with Gasteiger partial charge in [-0.05, 0) is 63.9 Å². The fraction of sp³-hybridized carbons (Fsp3) is 0.536. The average molecular weight is 521 g/mol. The number of aryl methyl sites for hydroxylation is 1. The van der Waals surface area contributed by atoms with Gasteiger partial charge in [-0.2, -0.15) is 4.98 Å². The van der Waals surface area contributed by atoms with Crippen LogP contribution in [0.25, 0.3) is 27.2 Å². The summed E-state index contributed by atoms with van der Waals surface area (Å²) in [6.07, 6.45) is 2.87. The molecule has 3 aromatic heterocycles. The highest BCUT2D eigenvalue weighted by atomic mass is 32.1. The predicted molar refractivity (Wildman–Crippen MR) is 149 cm³/mol. The molecule has 8 nitrogen and oxygen atoms in total. The van der Waals surface area contributed by atoms with Crippen molar-refractivity contribution in [3.05, 3.63) is 41.0 Å². The molecule has 0 unspecified atom stereocenters. The van der Waals surface area contributed by atoms with E-state index in [2.05, 4.69) is 39.5 Å². The summed E-state index contributed by atoms with van der Waals surface area (Å²) in [7, 11) is 0. The van der Waals surface area contributed by atoms with Crippen molar-refractivity contribution >= 4 is 38.4 Å². The molecule has 0 amide bonds. The molecule has 0 atom stereocenters. The minimum atomic E-state index is -0.600. The SMILES string of the molecule is CCc1nc2ccccc2n1-c1nc(N2CCOCC2)c2sc(CN3CCC(C(C)(C)O)CC3)cc2n1. The molecule has 0 bridgehead atoms. The number of benzene rings is 1. The van der Waals surface area contributed by atoms with E-state index in [9.17, 15) is 5.11 Å². The van der Waals surface area contributed by atoms with Crippen LogP contribution in [0.4, 0.5) is 5.82 Å². The highest BCUT2D eigenvalue weighted by Gasteiger charge is 2.31. The van der Waals surface area contributed by atoms with Gasteiger partial charge in [0.1, 0.15) is 5.82 Å². The van der Waals surface area contributed by atoms with Gasteiger partial charge >= 0.3 is 0 Å². The van der Waals surface area contributed by atoms with E-state index in [0.29, 0.717) is 25.1 Å². The molecular weight excluding hydrogens is 484 g/mol. The molecule has 0 radical (unpaired) electrons. The summed E-state index contributed by atoms with van der Waals surface area (Å²) >= 11 is 1.81. The van der Waals surface area contributed by atoms with Crippen LogP contribution in [0.2, 0.25) is 0 Å². The van der Waals surface area contributed by atoms with Crippen molar-refractivity contribution in [2.75, 3.05) is 44.3 Å². The fourth-order valence-electron chi connectivity index (χ4n) is 5.67. The van der Waals surface area contributed by atoms with E-state index in [1.807, 2.05) is 37.3 Å². The molecule has 196 valence electrons. The van der Waals surface area contributed by atoms with E-state index in [0.717, 1.165) is 84.9 Å². The smallest absolute Gasteiger partial charge is 0.238 e. The van der Waals surface area contributed by atoms with Crippen LogP contribution in [0.15, 0.2) is 30.3 Å². The molecule has 2 aliphatic heterocycles. The van der Waals surface area contributed by atoms with Gasteiger partial charge in [-0.1, -0.05) is 19.1 Å². The van der Waals surface area contributed by atoms with E-state index in [1.54, 1.807) is 0 Å². The number of thiophene rings is 1. The van der Waals surface area contributed by atoms with Crippen molar-refractivity contribution in [3.63, 3.8) is 0 Å². The van der Waals surface area contributed by atoms with Crippen molar-refractivity contribution in [2.24, 2.45) is 5.92 Å². The summed E-state index contributed by atoms with van der Waals surface area (Å²) in [5.41, 5.74) is 2.41. The Balaban J connectivity index is 1.38. The molecule has 2 aliphatic rings. The first kappa shape index (κ1) is 24.7. The Morgan fingerprint density at radius 2 is 1.78 bits per heavy atom. The van der Waals surface area contributed by atoms with Crippen LogP contribution >= 0.6 is 11.3 Å².